The number of phenolic OH excluding ortho intramolecular Hbond substituents is 1. The maximum atomic E-state index is 13.5. The summed E-state index contributed by atoms with van der Waals surface area (Å²) in [6.45, 7) is 0. The largest absolute Gasteiger partial charge is 0.500 e. The average Bonchev–Trinajstić information content (AvgIpc) is 3.28. The van der Waals surface area contributed by atoms with E-state index in [1.807, 2.05) is 41.8 Å². The number of nitro groups is 1. The van der Waals surface area contributed by atoms with Crippen LogP contribution in [-0.4, -0.2) is 22.9 Å². The molecule has 2 atom stereocenters. The van der Waals surface area contributed by atoms with E-state index in [1.54, 1.807) is 11.3 Å². The van der Waals surface area contributed by atoms with Crippen LogP contribution in [0.2, 0.25) is 0 Å². The number of nitro benzene ring substituents is 1. The third-order valence-electron chi connectivity index (χ3n) is 6.08. The highest BCUT2D eigenvalue weighted by atomic mass is 32.1. The number of rotatable bonds is 4. The lowest BCUT2D eigenvalue weighted by molar-refractivity contribution is -0.386. The zero-order valence-corrected chi connectivity index (χ0v) is 18.5. The van der Waals surface area contributed by atoms with Crippen molar-refractivity contribution in [3.8, 4) is 11.5 Å². The summed E-state index contributed by atoms with van der Waals surface area (Å²) in [4.78, 5) is 25.6. The summed E-state index contributed by atoms with van der Waals surface area (Å²) >= 11 is 1.63. The van der Waals surface area contributed by atoms with E-state index in [9.17, 15) is 20.0 Å². The fraction of sp³-hybridized carbons (Fsp3) is 0.208. The number of ether oxygens (including phenoxy) is 1. The first-order valence-corrected chi connectivity index (χ1v) is 11.3. The number of carbonyl (C=O) groups is 1. The van der Waals surface area contributed by atoms with Gasteiger partial charge in [-0.3, -0.25) is 14.9 Å². The summed E-state index contributed by atoms with van der Waals surface area (Å²) in [5, 5.41) is 30.7. The van der Waals surface area contributed by atoms with E-state index >= 15 is 0 Å². The molecule has 2 aromatic carbocycles. The summed E-state index contributed by atoms with van der Waals surface area (Å²) in [5.74, 6) is -0.519. The Morgan fingerprint density at radius 1 is 1.15 bits per heavy atom. The molecule has 9 heteroatoms. The highest BCUT2D eigenvalue weighted by molar-refractivity contribution is 7.10. The Hall–Kier alpha value is -3.85. The van der Waals surface area contributed by atoms with E-state index < -0.39 is 22.4 Å². The number of benzene rings is 2. The molecule has 0 fully saturated rings. The minimum Gasteiger partial charge on any atom is -0.500 e. The van der Waals surface area contributed by atoms with Crippen LogP contribution in [0, 0.1) is 10.1 Å². The number of allylic oxidation sites excluding steroid dienone is 1. The van der Waals surface area contributed by atoms with Gasteiger partial charge in [0.15, 0.2) is 11.5 Å². The number of Topliss-reactive ketones (excluding diaryl/α,β-unsaturated/α-hetero) is 1. The van der Waals surface area contributed by atoms with Gasteiger partial charge in [-0.2, -0.15) is 0 Å². The summed E-state index contributed by atoms with van der Waals surface area (Å²) in [5.41, 5.74) is 2.92. The molecule has 1 aliphatic heterocycles. The maximum absolute atomic E-state index is 13.5. The van der Waals surface area contributed by atoms with Crippen molar-refractivity contribution in [1.82, 2.24) is 0 Å². The number of hydrogen-bond donors (Lipinski definition) is 3. The van der Waals surface area contributed by atoms with E-state index in [1.165, 1.54) is 19.2 Å². The molecule has 1 aromatic heterocycles. The average molecular weight is 464 g/mol. The number of para-hydroxylation sites is 2. The van der Waals surface area contributed by atoms with Gasteiger partial charge in [0.05, 0.1) is 29.4 Å². The lowest BCUT2D eigenvalue weighted by Crippen LogP contribution is -2.26. The molecule has 2 heterocycles. The number of thiophene rings is 1. The van der Waals surface area contributed by atoms with Crippen molar-refractivity contribution in [2.24, 2.45) is 0 Å². The monoisotopic (exact) mass is 463 g/mol. The van der Waals surface area contributed by atoms with Crippen LogP contribution in [0.4, 0.5) is 17.1 Å². The highest BCUT2D eigenvalue weighted by Gasteiger charge is 2.37. The highest BCUT2D eigenvalue weighted by Crippen LogP contribution is 2.47. The lowest BCUT2D eigenvalue weighted by atomic mass is 9.80. The van der Waals surface area contributed by atoms with Gasteiger partial charge >= 0.3 is 5.69 Å². The van der Waals surface area contributed by atoms with E-state index in [2.05, 4.69) is 10.6 Å². The molecule has 1 aliphatic carbocycles. The third kappa shape index (κ3) is 3.70. The number of nitrogens with zero attached hydrogens (tertiary/aromatic N) is 1. The third-order valence-corrected chi connectivity index (χ3v) is 7.12. The standard InChI is InChI=1S/C24H21N3O5S/c1-32-20-12-14(10-18(24(20)29)27(30)31)23-22-17(25-15-5-2-3-6-16(15)26-23)9-13(11-19(22)28)21-7-4-8-33-21/h2-8,10,12-13,23,25-26,29H,9,11H2,1H3/t13-,23+/m0/s1. The first kappa shape index (κ1) is 21.0. The molecule has 0 spiro atoms. The number of methoxy groups -OCH3 is 1. The molecular weight excluding hydrogens is 442 g/mol. The van der Waals surface area contributed by atoms with Gasteiger partial charge in [-0.15, -0.1) is 11.3 Å². The Balaban J connectivity index is 1.68. The van der Waals surface area contributed by atoms with Gasteiger partial charge in [0, 0.05) is 34.6 Å². The summed E-state index contributed by atoms with van der Waals surface area (Å²) in [6, 6.07) is 13.8. The SMILES string of the molecule is COc1cc([C@H]2Nc3ccccc3NC3=C2C(=O)C[C@@H](c2cccs2)C3)cc([N+](=O)[O-])c1O. The summed E-state index contributed by atoms with van der Waals surface area (Å²) in [6.07, 6.45) is 0.998. The van der Waals surface area contributed by atoms with Crippen LogP contribution < -0.4 is 15.4 Å². The fourth-order valence-electron chi connectivity index (χ4n) is 4.54. The Labute approximate surface area is 193 Å². The Bertz CT molecular complexity index is 1290. The predicted octanol–water partition coefficient (Wildman–Crippen LogP) is 5.35. The van der Waals surface area contributed by atoms with Crippen molar-refractivity contribution in [1.29, 1.82) is 0 Å². The van der Waals surface area contributed by atoms with Gasteiger partial charge in [-0.25, -0.2) is 0 Å². The molecule has 33 heavy (non-hydrogen) atoms. The Morgan fingerprint density at radius 3 is 2.64 bits per heavy atom. The quantitative estimate of drug-likeness (QED) is 0.353. The van der Waals surface area contributed by atoms with Crippen LogP contribution in [0.3, 0.4) is 0 Å². The maximum Gasteiger partial charge on any atom is 0.315 e. The number of nitrogens with one attached hydrogen (secondary N) is 2. The smallest absolute Gasteiger partial charge is 0.315 e. The molecular formula is C24H21N3O5S. The molecule has 0 saturated carbocycles. The number of anilines is 2. The van der Waals surface area contributed by atoms with E-state index in [4.69, 9.17) is 4.74 Å². The van der Waals surface area contributed by atoms with Gasteiger partial charge in [0.2, 0.25) is 5.75 Å². The molecule has 168 valence electrons. The number of hydrogen-bond acceptors (Lipinski definition) is 8. The zero-order chi connectivity index (χ0) is 23.1. The fourth-order valence-corrected chi connectivity index (χ4v) is 5.37. The lowest BCUT2D eigenvalue weighted by Gasteiger charge is -2.29. The molecule has 2 aliphatic rings. The van der Waals surface area contributed by atoms with Crippen LogP contribution >= 0.6 is 11.3 Å². The van der Waals surface area contributed by atoms with Gasteiger partial charge in [0.25, 0.3) is 0 Å². The second-order valence-electron chi connectivity index (χ2n) is 8.03. The number of fused-ring (bicyclic) bond motifs is 1. The number of phenols is 1. The van der Waals surface area contributed by atoms with Gasteiger partial charge in [-0.1, -0.05) is 18.2 Å². The van der Waals surface area contributed by atoms with Crippen LogP contribution in [0.5, 0.6) is 11.5 Å². The number of ketones is 1. The molecule has 0 unspecified atom stereocenters. The minimum absolute atomic E-state index is 0.0200. The van der Waals surface area contributed by atoms with Crippen LogP contribution in [0.1, 0.15) is 35.2 Å². The van der Waals surface area contributed by atoms with Crippen LogP contribution in [0.15, 0.2) is 65.2 Å². The predicted molar refractivity (Wildman–Crippen MR) is 126 cm³/mol. The Morgan fingerprint density at radius 2 is 1.94 bits per heavy atom. The van der Waals surface area contributed by atoms with Crippen molar-refractivity contribution in [2.75, 3.05) is 17.7 Å². The molecule has 0 saturated heterocycles. The van der Waals surface area contributed by atoms with Crippen molar-refractivity contribution >= 4 is 34.2 Å². The number of carbonyl (C=O) groups excluding carboxylic acids is 1. The van der Waals surface area contributed by atoms with Gasteiger partial charge in [-0.05, 0) is 41.6 Å². The summed E-state index contributed by atoms with van der Waals surface area (Å²) in [7, 11) is 1.34. The van der Waals surface area contributed by atoms with Crippen molar-refractivity contribution in [2.45, 2.75) is 24.8 Å². The molecule has 0 radical (unpaired) electrons. The normalized spacial score (nSPS) is 19.6. The zero-order valence-electron chi connectivity index (χ0n) is 17.7. The summed E-state index contributed by atoms with van der Waals surface area (Å²) < 4.78 is 5.20. The first-order chi connectivity index (χ1) is 16.0. The van der Waals surface area contributed by atoms with Gasteiger partial charge in [0.1, 0.15) is 0 Å². The molecule has 3 N–H and O–H groups in total. The molecule has 0 bridgehead atoms. The van der Waals surface area contributed by atoms with Crippen molar-refractivity contribution < 1.29 is 19.6 Å². The van der Waals surface area contributed by atoms with E-state index in [-0.39, 0.29) is 17.5 Å². The first-order valence-electron chi connectivity index (χ1n) is 10.4. The second-order valence-corrected chi connectivity index (χ2v) is 9.01. The molecule has 5 rings (SSSR count). The molecule has 0 amide bonds. The minimum atomic E-state index is -0.658. The van der Waals surface area contributed by atoms with Crippen molar-refractivity contribution in [3.63, 3.8) is 0 Å². The molecule has 3 aromatic rings. The van der Waals surface area contributed by atoms with Crippen molar-refractivity contribution in [3.05, 3.63) is 85.7 Å². The Kier molecular flexibility index (Phi) is 5.26. The van der Waals surface area contributed by atoms with E-state index in [0.717, 1.165) is 21.9 Å². The topological polar surface area (TPSA) is 114 Å². The van der Waals surface area contributed by atoms with E-state index in [0.29, 0.717) is 24.0 Å². The molecule has 8 nitrogen and oxygen atoms in total. The van der Waals surface area contributed by atoms with Crippen LogP contribution in [0.25, 0.3) is 0 Å². The van der Waals surface area contributed by atoms with Crippen LogP contribution in [-0.2, 0) is 4.79 Å². The second kappa shape index (κ2) is 8.25. The number of aromatic hydroxyl groups is 1. The van der Waals surface area contributed by atoms with Gasteiger partial charge < -0.3 is 20.5 Å².